The fraction of sp³-hybridized carbons (Fsp3) is 0.407. The van der Waals surface area contributed by atoms with Crippen molar-refractivity contribution in [2.75, 3.05) is 26.2 Å². The van der Waals surface area contributed by atoms with Crippen LogP contribution in [0.15, 0.2) is 41.3 Å². The first kappa shape index (κ1) is 26.9. The number of aliphatic hydroxyl groups is 1. The van der Waals surface area contributed by atoms with Crippen molar-refractivity contribution in [3.8, 4) is 5.75 Å². The van der Waals surface area contributed by atoms with E-state index in [4.69, 9.17) is 27.9 Å². The van der Waals surface area contributed by atoms with Crippen LogP contribution in [-0.4, -0.2) is 58.9 Å². The molecule has 2 fully saturated rings. The number of aliphatic hydroxyl groups excluding tert-OH is 1. The van der Waals surface area contributed by atoms with Crippen LogP contribution in [0.3, 0.4) is 0 Å². The van der Waals surface area contributed by atoms with E-state index >= 15 is 0 Å². The average molecular weight is 566 g/mol. The number of carbonyl (C=O) groups excluding carboxylic acids is 1. The Hall–Kier alpha value is -2.72. The molecule has 2 heterocycles. The number of nitrogens with one attached hydrogen (secondary N) is 1. The molecule has 2 aromatic carbocycles. The summed E-state index contributed by atoms with van der Waals surface area (Å²) in [5, 5.41) is 13.4. The number of ether oxygens (including phenoxy) is 1. The van der Waals surface area contributed by atoms with Gasteiger partial charge in [-0.25, -0.2) is 8.78 Å². The Bertz CT molecular complexity index is 1420. The van der Waals surface area contributed by atoms with Crippen LogP contribution in [0.5, 0.6) is 5.75 Å². The summed E-state index contributed by atoms with van der Waals surface area (Å²) in [5.74, 6) is -1.48. The van der Waals surface area contributed by atoms with Crippen LogP contribution in [-0.2, 0) is 0 Å². The zero-order chi connectivity index (χ0) is 27.0. The SMILES string of the molecule is O=C(NC1CCN(C[C@H](O)COc2ccc(Cl)c(F)c2)CC1)c1cn(C2CC2)c2cc(Cl)c(F)cc2c1=O. The molecular weight excluding hydrogens is 539 g/mol. The summed E-state index contributed by atoms with van der Waals surface area (Å²) < 4.78 is 35.0. The van der Waals surface area contributed by atoms with Crippen molar-refractivity contribution in [3.05, 3.63) is 74.0 Å². The number of nitrogens with zero attached hydrogens (tertiary/aromatic N) is 2. The van der Waals surface area contributed by atoms with E-state index in [9.17, 15) is 23.5 Å². The van der Waals surface area contributed by atoms with Crippen molar-refractivity contribution in [2.24, 2.45) is 0 Å². The second kappa shape index (κ2) is 11.2. The van der Waals surface area contributed by atoms with E-state index in [-0.39, 0.29) is 45.4 Å². The molecular formula is C27H27Cl2F2N3O4. The number of amides is 1. The molecule has 1 aliphatic carbocycles. The lowest BCUT2D eigenvalue weighted by Crippen LogP contribution is -2.47. The molecule has 0 unspecified atom stereocenters. The summed E-state index contributed by atoms with van der Waals surface area (Å²) in [6.45, 7) is 1.62. The van der Waals surface area contributed by atoms with E-state index in [2.05, 4.69) is 10.2 Å². The first-order valence-electron chi connectivity index (χ1n) is 12.5. The number of benzene rings is 2. The standard InChI is InChI=1S/C27H27Cl2F2N3O4/c28-21-4-3-18(9-23(21)30)38-14-17(35)12-33-7-5-15(6-8-33)32-27(37)20-13-34(16-1-2-16)25-11-22(29)24(31)10-19(25)26(20)36/h3-4,9-11,13,15-17,35H,1-2,5-8,12,14H2,(H,32,37)/t17-/m0/s1. The van der Waals surface area contributed by atoms with Gasteiger partial charge in [0.05, 0.1) is 15.6 Å². The van der Waals surface area contributed by atoms with Gasteiger partial charge in [0.2, 0.25) is 5.43 Å². The predicted octanol–water partition coefficient (Wildman–Crippen LogP) is 4.56. The molecule has 5 rings (SSSR count). The lowest BCUT2D eigenvalue weighted by molar-refractivity contribution is 0.0567. The number of carbonyl (C=O) groups is 1. The zero-order valence-corrected chi connectivity index (χ0v) is 21.9. The molecule has 1 saturated carbocycles. The number of fused-ring (bicyclic) bond motifs is 1. The van der Waals surface area contributed by atoms with Crippen LogP contribution in [0.25, 0.3) is 10.9 Å². The topological polar surface area (TPSA) is 83.8 Å². The average Bonchev–Trinajstić information content (AvgIpc) is 3.73. The number of hydrogen-bond acceptors (Lipinski definition) is 5. The minimum atomic E-state index is -0.785. The third kappa shape index (κ3) is 5.96. The Morgan fingerprint density at radius 3 is 2.47 bits per heavy atom. The number of pyridine rings is 1. The minimum absolute atomic E-state index is 0.000806. The Balaban J connectivity index is 1.17. The molecule has 1 aromatic heterocycles. The van der Waals surface area contributed by atoms with Crippen LogP contribution in [0.1, 0.15) is 42.1 Å². The number of piperidine rings is 1. The van der Waals surface area contributed by atoms with Crippen molar-refractivity contribution in [1.82, 2.24) is 14.8 Å². The summed E-state index contributed by atoms with van der Waals surface area (Å²) >= 11 is 11.6. The highest BCUT2D eigenvalue weighted by molar-refractivity contribution is 6.31. The molecule has 1 amide bonds. The molecule has 0 radical (unpaired) electrons. The first-order valence-corrected chi connectivity index (χ1v) is 13.3. The molecule has 38 heavy (non-hydrogen) atoms. The normalized spacial score (nSPS) is 17.5. The number of likely N-dealkylation sites (tertiary alicyclic amines) is 1. The van der Waals surface area contributed by atoms with E-state index in [0.29, 0.717) is 38.0 Å². The van der Waals surface area contributed by atoms with Crippen molar-refractivity contribution in [1.29, 1.82) is 0 Å². The van der Waals surface area contributed by atoms with Gasteiger partial charge >= 0.3 is 0 Å². The fourth-order valence-electron chi connectivity index (χ4n) is 4.79. The van der Waals surface area contributed by atoms with Gasteiger partial charge in [-0.05, 0) is 49.9 Å². The fourth-order valence-corrected chi connectivity index (χ4v) is 5.07. The Morgan fingerprint density at radius 1 is 1.08 bits per heavy atom. The quantitative estimate of drug-likeness (QED) is 0.418. The van der Waals surface area contributed by atoms with Crippen molar-refractivity contribution < 1.29 is 23.4 Å². The molecule has 0 bridgehead atoms. The van der Waals surface area contributed by atoms with Crippen LogP contribution in [0.4, 0.5) is 8.78 Å². The summed E-state index contributed by atoms with van der Waals surface area (Å²) in [6, 6.07) is 6.66. The maximum Gasteiger partial charge on any atom is 0.256 e. The molecule has 1 atom stereocenters. The minimum Gasteiger partial charge on any atom is -0.491 e. The lowest BCUT2D eigenvalue weighted by Gasteiger charge is -2.33. The highest BCUT2D eigenvalue weighted by atomic mass is 35.5. The second-order valence-electron chi connectivity index (χ2n) is 9.88. The van der Waals surface area contributed by atoms with Crippen LogP contribution in [0, 0.1) is 11.6 Å². The van der Waals surface area contributed by atoms with Crippen LogP contribution < -0.4 is 15.5 Å². The third-order valence-corrected chi connectivity index (χ3v) is 7.58. The summed E-state index contributed by atoms with van der Waals surface area (Å²) in [4.78, 5) is 28.2. The molecule has 2 N–H and O–H groups in total. The van der Waals surface area contributed by atoms with Gasteiger partial charge in [-0.15, -0.1) is 0 Å². The highest BCUT2D eigenvalue weighted by Crippen LogP contribution is 2.37. The molecule has 11 heteroatoms. The van der Waals surface area contributed by atoms with E-state index in [1.807, 2.05) is 4.57 Å². The highest BCUT2D eigenvalue weighted by Gasteiger charge is 2.29. The van der Waals surface area contributed by atoms with E-state index in [0.717, 1.165) is 18.9 Å². The maximum absolute atomic E-state index is 14.1. The van der Waals surface area contributed by atoms with Crippen molar-refractivity contribution in [2.45, 2.75) is 43.9 Å². The molecule has 202 valence electrons. The van der Waals surface area contributed by atoms with Crippen molar-refractivity contribution in [3.63, 3.8) is 0 Å². The number of aromatic nitrogens is 1. The van der Waals surface area contributed by atoms with Gasteiger partial charge in [-0.3, -0.25) is 9.59 Å². The van der Waals surface area contributed by atoms with Gasteiger partial charge in [-0.2, -0.15) is 0 Å². The Morgan fingerprint density at radius 2 is 1.79 bits per heavy atom. The summed E-state index contributed by atoms with van der Waals surface area (Å²) in [7, 11) is 0. The second-order valence-corrected chi connectivity index (χ2v) is 10.7. The van der Waals surface area contributed by atoms with E-state index in [1.54, 1.807) is 6.20 Å². The lowest BCUT2D eigenvalue weighted by atomic mass is 10.0. The molecule has 1 saturated heterocycles. The van der Waals surface area contributed by atoms with Crippen LogP contribution in [0.2, 0.25) is 10.0 Å². The first-order chi connectivity index (χ1) is 18.2. The number of β-amino-alcohol motifs (C(OH)–C–C–N with tert-alkyl or cyclic N) is 1. The van der Waals surface area contributed by atoms with Gasteiger partial charge in [-0.1, -0.05) is 23.2 Å². The van der Waals surface area contributed by atoms with Gasteiger partial charge in [0, 0.05) is 49.4 Å². The Kier molecular flexibility index (Phi) is 7.90. The zero-order valence-electron chi connectivity index (χ0n) is 20.4. The summed E-state index contributed by atoms with van der Waals surface area (Å²) in [6.07, 6.45) is 3.88. The van der Waals surface area contributed by atoms with E-state index < -0.39 is 29.1 Å². The molecule has 1 aliphatic heterocycles. The van der Waals surface area contributed by atoms with Gasteiger partial charge in [0.15, 0.2) is 0 Å². The smallest absolute Gasteiger partial charge is 0.256 e. The monoisotopic (exact) mass is 565 g/mol. The number of hydrogen-bond donors (Lipinski definition) is 2. The van der Waals surface area contributed by atoms with Crippen molar-refractivity contribution >= 4 is 40.0 Å². The molecule has 7 nitrogen and oxygen atoms in total. The summed E-state index contributed by atoms with van der Waals surface area (Å²) in [5.41, 5.74) is -0.0108. The van der Waals surface area contributed by atoms with Gasteiger partial charge in [0.1, 0.15) is 35.7 Å². The molecule has 3 aromatic rings. The third-order valence-electron chi connectivity index (χ3n) is 6.98. The molecule has 2 aliphatic rings. The largest absolute Gasteiger partial charge is 0.491 e. The number of rotatable bonds is 8. The van der Waals surface area contributed by atoms with Gasteiger partial charge in [0.25, 0.3) is 5.91 Å². The maximum atomic E-state index is 14.1. The molecule has 0 spiro atoms. The van der Waals surface area contributed by atoms with Crippen LogP contribution >= 0.6 is 23.2 Å². The van der Waals surface area contributed by atoms with Gasteiger partial charge < -0.3 is 24.6 Å². The van der Waals surface area contributed by atoms with E-state index in [1.165, 1.54) is 24.3 Å². The predicted molar refractivity (Wildman–Crippen MR) is 141 cm³/mol. The Labute approximate surface area is 227 Å². The number of halogens is 4.